The molecule has 0 bridgehead atoms. The van der Waals surface area contributed by atoms with Crippen LogP contribution in [-0.2, 0) is 11.2 Å². The second-order valence-electron chi connectivity index (χ2n) is 6.53. The van der Waals surface area contributed by atoms with E-state index in [0.717, 1.165) is 37.3 Å². The molecule has 0 unspecified atom stereocenters. The smallest absolute Gasteiger partial charge is 0.273 e. The minimum Gasteiger partial charge on any atom is -0.370 e. The van der Waals surface area contributed by atoms with E-state index in [-0.39, 0.29) is 18.0 Å². The molecule has 6 heteroatoms. The first kappa shape index (κ1) is 17.9. The fourth-order valence-electron chi connectivity index (χ4n) is 3.37. The SMILES string of the molecule is O=C(Cc1ccccc1[N+](=O)[O-])Nc1ccccc1N1CCCCCC1. The maximum Gasteiger partial charge on any atom is 0.273 e. The van der Waals surface area contributed by atoms with Crippen LogP contribution in [0.5, 0.6) is 0 Å². The minimum absolute atomic E-state index is 0.0223. The Labute approximate surface area is 153 Å². The van der Waals surface area contributed by atoms with E-state index in [1.807, 2.05) is 24.3 Å². The number of hydrogen-bond acceptors (Lipinski definition) is 4. The van der Waals surface area contributed by atoms with Crippen LogP contribution in [0, 0.1) is 10.1 Å². The number of benzene rings is 2. The fourth-order valence-corrected chi connectivity index (χ4v) is 3.37. The van der Waals surface area contributed by atoms with Crippen molar-refractivity contribution in [1.82, 2.24) is 0 Å². The summed E-state index contributed by atoms with van der Waals surface area (Å²) in [6, 6.07) is 14.1. The summed E-state index contributed by atoms with van der Waals surface area (Å²) >= 11 is 0. The molecule has 1 aliphatic rings. The van der Waals surface area contributed by atoms with E-state index in [9.17, 15) is 14.9 Å². The quantitative estimate of drug-likeness (QED) is 0.647. The molecule has 1 amide bonds. The molecule has 1 saturated heterocycles. The number of para-hydroxylation sites is 3. The van der Waals surface area contributed by atoms with Crippen LogP contribution in [0.4, 0.5) is 17.1 Å². The third-order valence-corrected chi connectivity index (χ3v) is 4.66. The molecule has 2 aromatic rings. The van der Waals surface area contributed by atoms with Crippen molar-refractivity contribution in [2.45, 2.75) is 32.1 Å². The number of amides is 1. The molecule has 6 nitrogen and oxygen atoms in total. The monoisotopic (exact) mass is 353 g/mol. The van der Waals surface area contributed by atoms with E-state index in [1.165, 1.54) is 18.9 Å². The van der Waals surface area contributed by atoms with Gasteiger partial charge < -0.3 is 10.2 Å². The molecule has 1 fully saturated rings. The molecule has 1 N–H and O–H groups in total. The van der Waals surface area contributed by atoms with E-state index in [1.54, 1.807) is 18.2 Å². The molecular weight excluding hydrogens is 330 g/mol. The second-order valence-corrected chi connectivity index (χ2v) is 6.53. The van der Waals surface area contributed by atoms with Gasteiger partial charge in [0.25, 0.3) is 5.69 Å². The van der Waals surface area contributed by atoms with E-state index < -0.39 is 4.92 Å². The predicted molar refractivity (Wildman–Crippen MR) is 103 cm³/mol. The number of anilines is 2. The Morgan fingerprint density at radius 3 is 2.38 bits per heavy atom. The van der Waals surface area contributed by atoms with Crippen molar-refractivity contribution in [3.8, 4) is 0 Å². The van der Waals surface area contributed by atoms with E-state index in [0.29, 0.717) is 5.56 Å². The van der Waals surface area contributed by atoms with Crippen LogP contribution in [0.25, 0.3) is 0 Å². The number of rotatable bonds is 5. The maximum absolute atomic E-state index is 12.5. The summed E-state index contributed by atoms with van der Waals surface area (Å²) in [5.74, 6) is -0.249. The summed E-state index contributed by atoms with van der Waals surface area (Å²) < 4.78 is 0. The number of nitro benzene ring substituents is 1. The number of carbonyl (C=O) groups is 1. The molecule has 0 radical (unpaired) electrons. The minimum atomic E-state index is -0.451. The van der Waals surface area contributed by atoms with E-state index in [2.05, 4.69) is 10.2 Å². The van der Waals surface area contributed by atoms with Crippen LogP contribution in [0.3, 0.4) is 0 Å². The Kier molecular flexibility index (Phi) is 5.84. The molecule has 136 valence electrons. The summed E-state index contributed by atoms with van der Waals surface area (Å²) in [7, 11) is 0. The van der Waals surface area contributed by atoms with E-state index >= 15 is 0 Å². The second kappa shape index (κ2) is 8.47. The predicted octanol–water partition coefficient (Wildman–Crippen LogP) is 4.16. The lowest BCUT2D eigenvalue weighted by molar-refractivity contribution is -0.385. The number of nitrogens with one attached hydrogen (secondary N) is 1. The van der Waals surface area contributed by atoms with Crippen molar-refractivity contribution in [3.05, 3.63) is 64.2 Å². The van der Waals surface area contributed by atoms with Crippen LogP contribution in [0.15, 0.2) is 48.5 Å². The summed E-state index contributed by atoms with van der Waals surface area (Å²) in [4.78, 5) is 25.5. The Morgan fingerprint density at radius 2 is 1.65 bits per heavy atom. The first-order chi connectivity index (χ1) is 12.6. The fraction of sp³-hybridized carbons (Fsp3) is 0.350. The largest absolute Gasteiger partial charge is 0.370 e. The van der Waals surface area contributed by atoms with Gasteiger partial charge in [0.05, 0.1) is 22.7 Å². The molecule has 0 saturated carbocycles. The standard InChI is InChI=1S/C20H23N3O3/c24-20(15-16-9-3-5-11-18(16)23(25)26)21-17-10-4-6-12-19(17)22-13-7-1-2-8-14-22/h3-6,9-12H,1-2,7-8,13-15H2,(H,21,24). The highest BCUT2D eigenvalue weighted by molar-refractivity contribution is 5.96. The lowest BCUT2D eigenvalue weighted by Crippen LogP contribution is -2.26. The van der Waals surface area contributed by atoms with Crippen LogP contribution in [0.2, 0.25) is 0 Å². The number of nitro groups is 1. The Bertz CT molecular complexity index is 783. The zero-order valence-electron chi connectivity index (χ0n) is 14.7. The van der Waals surface area contributed by atoms with Gasteiger partial charge in [-0.1, -0.05) is 43.2 Å². The van der Waals surface area contributed by atoms with Gasteiger partial charge in [-0.15, -0.1) is 0 Å². The van der Waals surface area contributed by atoms with Gasteiger partial charge in [0, 0.05) is 24.7 Å². The Balaban J connectivity index is 1.75. The van der Waals surface area contributed by atoms with E-state index in [4.69, 9.17) is 0 Å². The van der Waals surface area contributed by atoms with Gasteiger partial charge in [-0.25, -0.2) is 0 Å². The Morgan fingerprint density at radius 1 is 1.00 bits per heavy atom. The normalized spacial score (nSPS) is 14.5. The van der Waals surface area contributed by atoms with Crippen LogP contribution >= 0.6 is 0 Å². The highest BCUT2D eigenvalue weighted by Gasteiger charge is 2.18. The van der Waals surface area contributed by atoms with Crippen molar-refractivity contribution in [2.24, 2.45) is 0 Å². The first-order valence-corrected chi connectivity index (χ1v) is 9.01. The van der Waals surface area contributed by atoms with Gasteiger partial charge in [-0.05, 0) is 25.0 Å². The zero-order chi connectivity index (χ0) is 18.4. The molecule has 26 heavy (non-hydrogen) atoms. The van der Waals surface area contributed by atoms with Gasteiger partial charge in [-0.3, -0.25) is 14.9 Å². The van der Waals surface area contributed by atoms with Crippen molar-refractivity contribution >= 4 is 23.0 Å². The maximum atomic E-state index is 12.5. The van der Waals surface area contributed by atoms with Crippen LogP contribution in [0.1, 0.15) is 31.2 Å². The van der Waals surface area contributed by atoms with Gasteiger partial charge in [0.15, 0.2) is 0 Å². The molecule has 0 aliphatic carbocycles. The number of nitrogens with zero attached hydrogens (tertiary/aromatic N) is 2. The topological polar surface area (TPSA) is 75.5 Å². The lowest BCUT2D eigenvalue weighted by Gasteiger charge is -2.25. The summed E-state index contributed by atoms with van der Waals surface area (Å²) in [6.07, 6.45) is 4.76. The molecular formula is C20H23N3O3. The van der Waals surface area contributed by atoms with Crippen molar-refractivity contribution in [2.75, 3.05) is 23.3 Å². The van der Waals surface area contributed by atoms with Gasteiger partial charge in [-0.2, -0.15) is 0 Å². The number of hydrogen-bond donors (Lipinski definition) is 1. The van der Waals surface area contributed by atoms with Gasteiger partial charge in [0.2, 0.25) is 5.91 Å². The highest BCUT2D eigenvalue weighted by Crippen LogP contribution is 2.28. The molecule has 0 spiro atoms. The molecule has 1 heterocycles. The first-order valence-electron chi connectivity index (χ1n) is 9.01. The van der Waals surface area contributed by atoms with Crippen LogP contribution in [-0.4, -0.2) is 23.9 Å². The zero-order valence-corrected chi connectivity index (χ0v) is 14.7. The van der Waals surface area contributed by atoms with Crippen LogP contribution < -0.4 is 10.2 Å². The molecule has 2 aromatic carbocycles. The third-order valence-electron chi connectivity index (χ3n) is 4.66. The van der Waals surface area contributed by atoms with Crippen molar-refractivity contribution in [1.29, 1.82) is 0 Å². The highest BCUT2D eigenvalue weighted by atomic mass is 16.6. The third kappa shape index (κ3) is 4.39. The van der Waals surface area contributed by atoms with Gasteiger partial charge in [0.1, 0.15) is 0 Å². The number of carbonyl (C=O) groups excluding carboxylic acids is 1. The average Bonchev–Trinajstić information content (AvgIpc) is 2.91. The average molecular weight is 353 g/mol. The van der Waals surface area contributed by atoms with Crippen molar-refractivity contribution in [3.63, 3.8) is 0 Å². The summed E-state index contributed by atoms with van der Waals surface area (Å²) in [5.41, 5.74) is 2.18. The van der Waals surface area contributed by atoms with Gasteiger partial charge >= 0.3 is 0 Å². The molecule has 0 atom stereocenters. The summed E-state index contributed by atoms with van der Waals surface area (Å²) in [6.45, 7) is 1.97. The lowest BCUT2D eigenvalue weighted by atomic mass is 10.1. The molecule has 1 aliphatic heterocycles. The molecule has 0 aromatic heterocycles. The van der Waals surface area contributed by atoms with Crippen molar-refractivity contribution < 1.29 is 9.72 Å². The summed E-state index contributed by atoms with van der Waals surface area (Å²) in [5, 5.41) is 14.1. The molecule has 3 rings (SSSR count). The Hall–Kier alpha value is -2.89.